The number of hydrogen-bond donors (Lipinski definition) is 2. The van der Waals surface area contributed by atoms with E-state index in [0.717, 1.165) is 25.9 Å². The van der Waals surface area contributed by atoms with Crippen LogP contribution >= 0.6 is 0 Å². The summed E-state index contributed by atoms with van der Waals surface area (Å²) in [6, 6.07) is 0.997. The third kappa shape index (κ3) is 1.81. The van der Waals surface area contributed by atoms with Crippen molar-refractivity contribution in [2.45, 2.75) is 50.3 Å². The van der Waals surface area contributed by atoms with Crippen LogP contribution in [0.2, 0.25) is 0 Å². The van der Waals surface area contributed by atoms with Crippen LogP contribution in [0.4, 0.5) is 0 Å². The summed E-state index contributed by atoms with van der Waals surface area (Å²) in [6.45, 7) is 4.20. The fraction of sp³-hybridized carbons (Fsp3) is 1.00. The third-order valence-corrected chi connectivity index (χ3v) is 3.98. The average Bonchev–Trinajstić information content (AvgIpc) is 2.71. The molecule has 0 amide bonds. The molecule has 0 aromatic carbocycles. The molecule has 0 spiro atoms. The lowest BCUT2D eigenvalue weighted by molar-refractivity contribution is -0.0156. The molecule has 1 saturated carbocycles. The van der Waals surface area contributed by atoms with Crippen molar-refractivity contribution in [1.82, 2.24) is 10.2 Å². The molecular formula is C11H22N2O. The molecule has 3 atom stereocenters. The first kappa shape index (κ1) is 10.4. The zero-order chi connectivity index (χ0) is 10.2. The SMILES string of the molecule is CN(C1CCNC1)C1CCCC1(C)O. The molecule has 3 heteroatoms. The second-order valence-corrected chi connectivity index (χ2v) is 5.08. The molecule has 14 heavy (non-hydrogen) atoms. The Balaban J connectivity index is 1.99. The summed E-state index contributed by atoms with van der Waals surface area (Å²) >= 11 is 0. The van der Waals surface area contributed by atoms with Crippen LogP contribution in [0.25, 0.3) is 0 Å². The van der Waals surface area contributed by atoms with Gasteiger partial charge in [0.1, 0.15) is 0 Å². The molecule has 2 aliphatic rings. The first-order valence-corrected chi connectivity index (χ1v) is 5.76. The summed E-state index contributed by atoms with van der Waals surface area (Å²) in [5.74, 6) is 0. The highest BCUT2D eigenvalue weighted by molar-refractivity contribution is 4.97. The van der Waals surface area contributed by atoms with Gasteiger partial charge in [-0.05, 0) is 46.2 Å². The van der Waals surface area contributed by atoms with E-state index in [1.54, 1.807) is 0 Å². The van der Waals surface area contributed by atoms with Crippen molar-refractivity contribution in [1.29, 1.82) is 0 Å². The number of aliphatic hydroxyl groups is 1. The monoisotopic (exact) mass is 198 g/mol. The predicted molar refractivity (Wildman–Crippen MR) is 57.3 cm³/mol. The lowest BCUT2D eigenvalue weighted by Crippen LogP contribution is -2.50. The predicted octanol–water partition coefficient (Wildman–Crippen LogP) is 0.584. The van der Waals surface area contributed by atoms with Crippen LogP contribution in [-0.4, -0.2) is 47.8 Å². The van der Waals surface area contributed by atoms with E-state index in [9.17, 15) is 5.11 Å². The summed E-state index contributed by atoms with van der Waals surface area (Å²) in [6.07, 6.45) is 4.51. The molecule has 3 unspecified atom stereocenters. The lowest BCUT2D eigenvalue weighted by atomic mass is 9.98. The minimum atomic E-state index is -0.461. The van der Waals surface area contributed by atoms with Gasteiger partial charge in [-0.2, -0.15) is 0 Å². The van der Waals surface area contributed by atoms with Gasteiger partial charge in [-0.3, -0.25) is 4.90 Å². The Morgan fingerprint density at radius 3 is 2.71 bits per heavy atom. The van der Waals surface area contributed by atoms with Crippen molar-refractivity contribution in [2.24, 2.45) is 0 Å². The Labute approximate surface area is 86.5 Å². The van der Waals surface area contributed by atoms with Gasteiger partial charge in [0.2, 0.25) is 0 Å². The van der Waals surface area contributed by atoms with Gasteiger partial charge in [-0.25, -0.2) is 0 Å². The molecule has 2 N–H and O–H groups in total. The fourth-order valence-corrected chi connectivity index (χ4v) is 3.01. The molecule has 0 bridgehead atoms. The van der Waals surface area contributed by atoms with Crippen molar-refractivity contribution in [3.05, 3.63) is 0 Å². The summed E-state index contributed by atoms with van der Waals surface area (Å²) in [5, 5.41) is 13.6. The van der Waals surface area contributed by atoms with Gasteiger partial charge in [-0.15, -0.1) is 0 Å². The van der Waals surface area contributed by atoms with Crippen molar-refractivity contribution >= 4 is 0 Å². The van der Waals surface area contributed by atoms with Crippen LogP contribution in [0.15, 0.2) is 0 Å². The quantitative estimate of drug-likeness (QED) is 0.681. The highest BCUT2D eigenvalue weighted by atomic mass is 16.3. The minimum Gasteiger partial charge on any atom is -0.389 e. The van der Waals surface area contributed by atoms with Gasteiger partial charge in [0, 0.05) is 18.6 Å². The topological polar surface area (TPSA) is 35.5 Å². The maximum atomic E-state index is 10.2. The summed E-state index contributed by atoms with van der Waals surface area (Å²) in [5.41, 5.74) is -0.461. The molecule has 82 valence electrons. The van der Waals surface area contributed by atoms with Crippen LogP contribution in [0, 0.1) is 0 Å². The van der Waals surface area contributed by atoms with Crippen molar-refractivity contribution in [3.63, 3.8) is 0 Å². The Morgan fingerprint density at radius 2 is 2.21 bits per heavy atom. The standard InChI is InChI=1S/C11H22N2O/c1-11(14)6-3-4-10(11)13(2)9-5-7-12-8-9/h9-10,12,14H,3-8H2,1-2H3. The molecule has 1 saturated heterocycles. The highest BCUT2D eigenvalue weighted by Gasteiger charge is 2.41. The van der Waals surface area contributed by atoms with Crippen molar-refractivity contribution < 1.29 is 5.11 Å². The van der Waals surface area contributed by atoms with Crippen LogP contribution in [-0.2, 0) is 0 Å². The number of hydrogen-bond acceptors (Lipinski definition) is 3. The fourth-order valence-electron chi connectivity index (χ4n) is 3.01. The zero-order valence-electron chi connectivity index (χ0n) is 9.29. The molecule has 1 heterocycles. The largest absolute Gasteiger partial charge is 0.389 e. The minimum absolute atomic E-state index is 0.368. The maximum absolute atomic E-state index is 10.2. The Morgan fingerprint density at radius 1 is 1.43 bits per heavy atom. The van der Waals surface area contributed by atoms with Crippen LogP contribution in [0.5, 0.6) is 0 Å². The van der Waals surface area contributed by atoms with Crippen molar-refractivity contribution in [3.8, 4) is 0 Å². The lowest BCUT2D eigenvalue weighted by Gasteiger charge is -2.37. The number of likely N-dealkylation sites (N-methyl/N-ethyl adjacent to an activating group) is 1. The first-order chi connectivity index (χ1) is 6.61. The van der Waals surface area contributed by atoms with Crippen molar-refractivity contribution in [2.75, 3.05) is 20.1 Å². The van der Waals surface area contributed by atoms with E-state index >= 15 is 0 Å². The molecule has 1 aliphatic heterocycles. The van der Waals surface area contributed by atoms with E-state index in [2.05, 4.69) is 17.3 Å². The molecule has 0 radical (unpaired) electrons. The van der Waals surface area contributed by atoms with E-state index in [4.69, 9.17) is 0 Å². The van der Waals surface area contributed by atoms with Gasteiger partial charge in [0.15, 0.2) is 0 Å². The second-order valence-electron chi connectivity index (χ2n) is 5.08. The summed E-state index contributed by atoms with van der Waals surface area (Å²) < 4.78 is 0. The zero-order valence-corrected chi connectivity index (χ0v) is 9.29. The van der Waals surface area contributed by atoms with Crippen LogP contribution in [0.1, 0.15) is 32.6 Å². The number of rotatable bonds is 2. The molecular weight excluding hydrogens is 176 g/mol. The van der Waals surface area contributed by atoms with Gasteiger partial charge in [0.25, 0.3) is 0 Å². The normalized spacial score (nSPS) is 43.7. The van der Waals surface area contributed by atoms with E-state index in [0.29, 0.717) is 12.1 Å². The summed E-state index contributed by atoms with van der Waals surface area (Å²) in [7, 11) is 2.17. The first-order valence-electron chi connectivity index (χ1n) is 5.76. The number of nitrogens with zero attached hydrogens (tertiary/aromatic N) is 1. The van der Waals surface area contributed by atoms with Gasteiger partial charge in [-0.1, -0.05) is 0 Å². The molecule has 0 aromatic rings. The van der Waals surface area contributed by atoms with E-state index in [-0.39, 0.29) is 0 Å². The Kier molecular flexibility index (Phi) is 2.82. The molecule has 2 fully saturated rings. The smallest absolute Gasteiger partial charge is 0.0774 e. The van der Waals surface area contributed by atoms with Gasteiger partial charge in [0.05, 0.1) is 5.60 Å². The Hall–Kier alpha value is -0.120. The molecule has 1 aliphatic carbocycles. The Bertz CT molecular complexity index is 199. The van der Waals surface area contributed by atoms with Crippen LogP contribution < -0.4 is 5.32 Å². The molecule has 2 rings (SSSR count). The van der Waals surface area contributed by atoms with E-state index < -0.39 is 5.60 Å². The molecule has 3 nitrogen and oxygen atoms in total. The average molecular weight is 198 g/mol. The third-order valence-electron chi connectivity index (χ3n) is 3.98. The van der Waals surface area contributed by atoms with E-state index in [1.165, 1.54) is 12.8 Å². The van der Waals surface area contributed by atoms with Crippen LogP contribution in [0.3, 0.4) is 0 Å². The van der Waals surface area contributed by atoms with Gasteiger partial charge >= 0.3 is 0 Å². The number of nitrogens with one attached hydrogen (secondary N) is 1. The summed E-state index contributed by atoms with van der Waals surface area (Å²) in [4.78, 5) is 2.40. The van der Waals surface area contributed by atoms with E-state index in [1.807, 2.05) is 6.92 Å². The highest BCUT2D eigenvalue weighted by Crippen LogP contribution is 2.34. The van der Waals surface area contributed by atoms with Gasteiger partial charge < -0.3 is 10.4 Å². The maximum Gasteiger partial charge on any atom is 0.0774 e. The second kappa shape index (κ2) is 3.80. The molecule has 0 aromatic heterocycles.